The highest BCUT2D eigenvalue weighted by Gasteiger charge is 2.10. The molecule has 0 aromatic carbocycles. The van der Waals surface area contributed by atoms with Crippen LogP contribution in [0.5, 0.6) is 0 Å². The number of carbonyl (C=O) groups is 1. The Bertz CT molecular complexity index is 319. The molecular formula is C15H32NO5P. The van der Waals surface area contributed by atoms with E-state index in [2.05, 4.69) is 0 Å². The summed E-state index contributed by atoms with van der Waals surface area (Å²) in [6.45, 7) is 0. The lowest BCUT2D eigenvalue weighted by atomic mass is 10.0. The van der Waals surface area contributed by atoms with Gasteiger partial charge in [-0.05, 0) is 12.8 Å². The van der Waals surface area contributed by atoms with Crippen molar-refractivity contribution in [2.24, 2.45) is 0 Å². The number of nitrogens with one attached hydrogen (secondary N) is 1. The first-order valence-corrected chi connectivity index (χ1v) is 10.2. The van der Waals surface area contributed by atoms with Gasteiger partial charge in [0.15, 0.2) is 0 Å². The van der Waals surface area contributed by atoms with Gasteiger partial charge in [-0.2, -0.15) is 0 Å². The molecule has 0 unspecified atom stereocenters. The van der Waals surface area contributed by atoms with E-state index in [0.29, 0.717) is 12.8 Å². The van der Waals surface area contributed by atoms with Gasteiger partial charge in [0, 0.05) is 12.6 Å². The summed E-state index contributed by atoms with van der Waals surface area (Å²) < 4.78 is 10.6. The van der Waals surface area contributed by atoms with E-state index in [4.69, 9.17) is 15.0 Å². The van der Waals surface area contributed by atoms with E-state index in [1.165, 1.54) is 32.1 Å². The Morgan fingerprint density at radius 1 is 0.727 bits per heavy atom. The van der Waals surface area contributed by atoms with E-state index in [1.807, 2.05) is 0 Å². The second-order valence-corrected chi connectivity index (χ2v) is 7.69. The van der Waals surface area contributed by atoms with Crippen molar-refractivity contribution in [2.75, 3.05) is 6.16 Å². The summed E-state index contributed by atoms with van der Waals surface area (Å²) in [6, 6.07) is 0. The van der Waals surface area contributed by atoms with Gasteiger partial charge < -0.3 is 9.79 Å². The van der Waals surface area contributed by atoms with Crippen molar-refractivity contribution in [1.29, 1.82) is 0 Å². The molecule has 0 aromatic rings. The summed E-state index contributed by atoms with van der Waals surface area (Å²) in [5.74, 6) is -0.305. The summed E-state index contributed by atoms with van der Waals surface area (Å²) in [6.07, 6.45) is 13.3. The lowest BCUT2D eigenvalue weighted by Gasteiger charge is -2.04. The molecule has 1 amide bonds. The summed E-state index contributed by atoms with van der Waals surface area (Å²) in [5, 5.41) is 8.33. The Labute approximate surface area is 133 Å². The van der Waals surface area contributed by atoms with Crippen molar-refractivity contribution in [3.8, 4) is 0 Å². The minimum absolute atomic E-state index is 0.0208. The highest BCUT2D eigenvalue weighted by atomic mass is 31.2. The molecule has 0 aromatic heterocycles. The fraction of sp³-hybridized carbons (Fsp3) is 0.933. The smallest absolute Gasteiger partial charge is 0.324 e. The molecule has 0 saturated carbocycles. The van der Waals surface area contributed by atoms with Crippen LogP contribution < -0.4 is 5.48 Å². The average Bonchev–Trinajstić information content (AvgIpc) is 2.46. The normalized spacial score (nSPS) is 11.6. The molecule has 0 saturated heterocycles. The van der Waals surface area contributed by atoms with Gasteiger partial charge in [-0.25, -0.2) is 5.48 Å². The van der Waals surface area contributed by atoms with E-state index in [9.17, 15) is 9.36 Å². The maximum absolute atomic E-state index is 10.8. The maximum Gasteiger partial charge on any atom is 0.325 e. The number of rotatable bonds is 15. The Hall–Kier alpha value is -0.420. The first-order valence-electron chi connectivity index (χ1n) is 8.43. The number of carbonyl (C=O) groups excluding carboxylic acids is 1. The number of unbranched alkanes of at least 4 members (excludes halogenated alkanes) is 11. The average molecular weight is 337 g/mol. The van der Waals surface area contributed by atoms with Crippen LogP contribution in [0.4, 0.5) is 0 Å². The quantitative estimate of drug-likeness (QED) is 0.158. The molecule has 0 spiro atoms. The summed E-state index contributed by atoms with van der Waals surface area (Å²) >= 11 is 0. The van der Waals surface area contributed by atoms with Crippen LogP contribution in [-0.2, 0) is 9.36 Å². The topological polar surface area (TPSA) is 107 Å². The van der Waals surface area contributed by atoms with Crippen LogP contribution in [0.3, 0.4) is 0 Å². The van der Waals surface area contributed by atoms with Crippen molar-refractivity contribution in [1.82, 2.24) is 5.48 Å². The summed E-state index contributed by atoms with van der Waals surface area (Å²) in [7, 11) is -3.79. The molecule has 6 nitrogen and oxygen atoms in total. The highest BCUT2D eigenvalue weighted by molar-refractivity contribution is 7.51. The van der Waals surface area contributed by atoms with E-state index in [-0.39, 0.29) is 12.1 Å². The molecule has 22 heavy (non-hydrogen) atoms. The van der Waals surface area contributed by atoms with Crippen molar-refractivity contribution in [3.63, 3.8) is 0 Å². The van der Waals surface area contributed by atoms with Crippen molar-refractivity contribution in [2.45, 2.75) is 83.5 Å². The fourth-order valence-electron chi connectivity index (χ4n) is 2.43. The van der Waals surface area contributed by atoms with Crippen LogP contribution in [0.1, 0.15) is 83.5 Å². The van der Waals surface area contributed by atoms with Gasteiger partial charge >= 0.3 is 7.60 Å². The van der Waals surface area contributed by atoms with Crippen LogP contribution in [0.15, 0.2) is 0 Å². The second-order valence-electron chi connectivity index (χ2n) is 5.92. The van der Waals surface area contributed by atoms with Crippen LogP contribution >= 0.6 is 7.60 Å². The van der Waals surface area contributed by atoms with E-state index >= 15 is 0 Å². The molecule has 0 fully saturated rings. The van der Waals surface area contributed by atoms with Crippen LogP contribution in [0.2, 0.25) is 0 Å². The van der Waals surface area contributed by atoms with Gasteiger partial charge in [0.05, 0.1) is 0 Å². The third kappa shape index (κ3) is 17.6. The molecule has 0 aliphatic carbocycles. The number of amides is 1. The summed E-state index contributed by atoms with van der Waals surface area (Å²) in [5.41, 5.74) is 1.64. The van der Waals surface area contributed by atoms with Gasteiger partial charge in [-0.15, -0.1) is 0 Å². The minimum Gasteiger partial charge on any atom is -0.324 e. The Kier molecular flexibility index (Phi) is 13.9. The van der Waals surface area contributed by atoms with Gasteiger partial charge in [0.1, 0.15) is 0 Å². The maximum atomic E-state index is 10.8. The minimum atomic E-state index is -3.79. The molecule has 0 atom stereocenters. The van der Waals surface area contributed by atoms with E-state index < -0.39 is 7.60 Å². The number of hydrogen-bond acceptors (Lipinski definition) is 3. The molecule has 4 N–H and O–H groups in total. The van der Waals surface area contributed by atoms with Crippen LogP contribution in [0, 0.1) is 0 Å². The van der Waals surface area contributed by atoms with Crippen molar-refractivity contribution < 1.29 is 24.4 Å². The largest absolute Gasteiger partial charge is 0.325 e. The zero-order valence-electron chi connectivity index (χ0n) is 13.5. The molecule has 0 aliphatic rings. The van der Waals surface area contributed by atoms with Gasteiger partial charge in [-0.3, -0.25) is 14.6 Å². The molecule has 0 rings (SSSR count). The van der Waals surface area contributed by atoms with E-state index in [0.717, 1.165) is 38.5 Å². The Morgan fingerprint density at radius 3 is 1.45 bits per heavy atom. The third-order valence-electron chi connectivity index (χ3n) is 3.73. The van der Waals surface area contributed by atoms with Crippen LogP contribution in [-0.4, -0.2) is 27.1 Å². The fourth-order valence-corrected chi connectivity index (χ4v) is 3.06. The number of hydroxylamine groups is 1. The second kappa shape index (κ2) is 14.2. The molecule has 7 heteroatoms. The lowest BCUT2D eigenvalue weighted by molar-refractivity contribution is -0.129. The molecule has 0 heterocycles. The lowest BCUT2D eigenvalue weighted by Crippen LogP contribution is -2.17. The van der Waals surface area contributed by atoms with Gasteiger partial charge in [0.25, 0.3) is 0 Å². The van der Waals surface area contributed by atoms with Gasteiger partial charge in [0.2, 0.25) is 5.91 Å². The molecular weight excluding hydrogens is 305 g/mol. The van der Waals surface area contributed by atoms with Gasteiger partial charge in [-0.1, -0.05) is 64.2 Å². The molecule has 132 valence electrons. The standard InChI is InChI=1S/C15H32NO5P/c17-15(16-18)13-11-9-7-5-3-1-2-4-6-8-10-12-14-22(19,20)21/h18H,1-14H2,(H,16,17)(H2,19,20,21). The number of hydrogen-bond donors (Lipinski definition) is 4. The van der Waals surface area contributed by atoms with Crippen LogP contribution in [0.25, 0.3) is 0 Å². The Balaban J connectivity index is 3.09. The monoisotopic (exact) mass is 337 g/mol. The zero-order chi connectivity index (χ0) is 16.7. The molecule has 0 aliphatic heterocycles. The first kappa shape index (κ1) is 21.6. The van der Waals surface area contributed by atoms with Crippen molar-refractivity contribution >= 4 is 13.5 Å². The highest BCUT2D eigenvalue weighted by Crippen LogP contribution is 2.35. The predicted octanol–water partition coefficient (Wildman–Crippen LogP) is 3.74. The van der Waals surface area contributed by atoms with E-state index in [1.54, 1.807) is 5.48 Å². The summed E-state index contributed by atoms with van der Waals surface area (Å²) in [4.78, 5) is 28.2. The SMILES string of the molecule is O=C(CCCCCCCCCCCCCCP(=O)(O)O)NO. The zero-order valence-corrected chi connectivity index (χ0v) is 14.4. The third-order valence-corrected chi connectivity index (χ3v) is 4.63. The Morgan fingerprint density at radius 2 is 1.09 bits per heavy atom. The molecule has 0 radical (unpaired) electrons. The molecule has 0 bridgehead atoms. The first-order chi connectivity index (χ1) is 10.5. The van der Waals surface area contributed by atoms with Crippen molar-refractivity contribution in [3.05, 3.63) is 0 Å². The predicted molar refractivity (Wildman–Crippen MR) is 86.9 cm³/mol.